The summed E-state index contributed by atoms with van der Waals surface area (Å²) in [5.74, 6) is -0.717. The van der Waals surface area contributed by atoms with Crippen molar-refractivity contribution in [3.05, 3.63) is 65.2 Å². The van der Waals surface area contributed by atoms with Gasteiger partial charge in [0.05, 0.1) is 32.2 Å². The Labute approximate surface area is 154 Å². The first-order chi connectivity index (χ1) is 12.7. The van der Waals surface area contributed by atoms with Crippen molar-refractivity contribution in [1.82, 2.24) is 5.32 Å². The number of hydrogen-bond acceptors (Lipinski definition) is 4. The number of esters is 1. The number of nitrogens with one attached hydrogen (secondary N) is 1. The highest BCUT2D eigenvalue weighted by atomic mass is 19.4. The molecule has 0 heterocycles. The first-order valence-electron chi connectivity index (χ1n) is 7.93. The van der Waals surface area contributed by atoms with Gasteiger partial charge in [0.1, 0.15) is 5.75 Å². The molecule has 1 amide bonds. The molecule has 0 saturated carbocycles. The third-order valence-corrected chi connectivity index (χ3v) is 3.87. The van der Waals surface area contributed by atoms with Gasteiger partial charge in [-0.05, 0) is 35.9 Å². The SMILES string of the molecule is COC(=O)CC(NC(=O)c1cccc(C(F)(F)F)c1)c1ccc(OC)cc1. The molecule has 144 valence electrons. The molecular formula is C19H18F3NO4. The van der Waals surface area contributed by atoms with E-state index in [-0.39, 0.29) is 12.0 Å². The van der Waals surface area contributed by atoms with Crippen LogP contribution in [-0.4, -0.2) is 26.1 Å². The van der Waals surface area contributed by atoms with Gasteiger partial charge in [-0.15, -0.1) is 0 Å². The zero-order valence-corrected chi connectivity index (χ0v) is 14.7. The van der Waals surface area contributed by atoms with E-state index in [1.807, 2.05) is 0 Å². The number of carbonyl (C=O) groups excluding carboxylic acids is 2. The fourth-order valence-corrected chi connectivity index (χ4v) is 2.42. The minimum atomic E-state index is -4.56. The Morgan fingerprint density at radius 2 is 1.74 bits per heavy atom. The molecule has 0 saturated heterocycles. The van der Waals surface area contributed by atoms with E-state index >= 15 is 0 Å². The number of amides is 1. The molecule has 0 bridgehead atoms. The van der Waals surface area contributed by atoms with E-state index in [0.717, 1.165) is 18.2 Å². The summed E-state index contributed by atoms with van der Waals surface area (Å²) < 4.78 is 48.2. The molecule has 0 fully saturated rings. The van der Waals surface area contributed by atoms with Crippen LogP contribution in [0.25, 0.3) is 0 Å². The lowest BCUT2D eigenvalue weighted by molar-refractivity contribution is -0.141. The predicted octanol–water partition coefficient (Wildman–Crippen LogP) is 3.75. The number of methoxy groups -OCH3 is 2. The number of carbonyl (C=O) groups is 2. The van der Waals surface area contributed by atoms with E-state index in [9.17, 15) is 22.8 Å². The number of halogens is 3. The van der Waals surface area contributed by atoms with Gasteiger partial charge in [0.15, 0.2) is 0 Å². The monoisotopic (exact) mass is 381 g/mol. The Kier molecular flexibility index (Phi) is 6.44. The maximum atomic E-state index is 12.8. The predicted molar refractivity (Wildman–Crippen MR) is 91.3 cm³/mol. The van der Waals surface area contributed by atoms with Gasteiger partial charge < -0.3 is 14.8 Å². The summed E-state index contributed by atoms with van der Waals surface area (Å²) in [5, 5.41) is 2.58. The average Bonchev–Trinajstić information content (AvgIpc) is 2.66. The van der Waals surface area contributed by atoms with Crippen LogP contribution >= 0.6 is 0 Å². The quantitative estimate of drug-likeness (QED) is 0.774. The van der Waals surface area contributed by atoms with Gasteiger partial charge in [-0.3, -0.25) is 9.59 Å². The molecule has 0 spiro atoms. The third-order valence-electron chi connectivity index (χ3n) is 3.87. The summed E-state index contributed by atoms with van der Waals surface area (Å²) in [7, 11) is 2.71. The molecule has 27 heavy (non-hydrogen) atoms. The Bertz CT molecular complexity index is 803. The maximum absolute atomic E-state index is 12.8. The summed E-state index contributed by atoms with van der Waals surface area (Å²) in [6, 6.07) is 9.90. The van der Waals surface area contributed by atoms with Crippen molar-refractivity contribution in [2.75, 3.05) is 14.2 Å². The van der Waals surface area contributed by atoms with Crippen LogP contribution in [0, 0.1) is 0 Å². The Balaban J connectivity index is 2.26. The molecule has 2 aromatic carbocycles. The van der Waals surface area contributed by atoms with Crippen molar-refractivity contribution < 1.29 is 32.2 Å². The smallest absolute Gasteiger partial charge is 0.416 e. The molecule has 8 heteroatoms. The molecule has 0 aliphatic carbocycles. The molecule has 0 aliphatic rings. The average molecular weight is 381 g/mol. The minimum absolute atomic E-state index is 0.159. The first-order valence-corrected chi connectivity index (χ1v) is 7.93. The van der Waals surface area contributed by atoms with E-state index in [1.54, 1.807) is 24.3 Å². The van der Waals surface area contributed by atoms with Crippen LogP contribution < -0.4 is 10.1 Å². The molecule has 0 aromatic heterocycles. The van der Waals surface area contributed by atoms with Gasteiger partial charge in [0.25, 0.3) is 5.91 Å². The normalized spacial score (nSPS) is 12.2. The van der Waals surface area contributed by atoms with Crippen molar-refractivity contribution in [2.45, 2.75) is 18.6 Å². The lowest BCUT2D eigenvalue weighted by Gasteiger charge is -2.19. The standard InChI is InChI=1S/C19H18F3NO4/c1-26-15-8-6-12(7-9-15)16(11-17(24)27-2)23-18(25)13-4-3-5-14(10-13)19(20,21)22/h3-10,16H,11H2,1-2H3,(H,23,25). The van der Waals surface area contributed by atoms with Crippen LogP contribution in [0.2, 0.25) is 0 Å². The summed E-state index contributed by atoms with van der Waals surface area (Å²) in [6.45, 7) is 0. The highest BCUT2D eigenvalue weighted by Crippen LogP contribution is 2.30. The van der Waals surface area contributed by atoms with Gasteiger partial charge in [-0.2, -0.15) is 13.2 Å². The number of hydrogen-bond donors (Lipinski definition) is 1. The first kappa shape index (κ1) is 20.3. The van der Waals surface area contributed by atoms with Crippen LogP contribution in [0.15, 0.2) is 48.5 Å². The largest absolute Gasteiger partial charge is 0.497 e. The van der Waals surface area contributed by atoms with Gasteiger partial charge in [0, 0.05) is 5.56 Å². The number of benzene rings is 2. The van der Waals surface area contributed by atoms with Crippen molar-refractivity contribution in [3.8, 4) is 5.75 Å². The number of alkyl halides is 3. The molecule has 2 aromatic rings. The van der Waals surface area contributed by atoms with E-state index < -0.39 is 29.7 Å². The molecule has 1 unspecified atom stereocenters. The van der Waals surface area contributed by atoms with Crippen molar-refractivity contribution in [3.63, 3.8) is 0 Å². The van der Waals surface area contributed by atoms with Gasteiger partial charge >= 0.3 is 12.1 Å². The Hall–Kier alpha value is -3.03. The van der Waals surface area contributed by atoms with Crippen LogP contribution in [0.5, 0.6) is 5.75 Å². The van der Waals surface area contributed by atoms with E-state index in [2.05, 4.69) is 10.1 Å². The van der Waals surface area contributed by atoms with Gasteiger partial charge in [-0.1, -0.05) is 18.2 Å². The molecule has 0 radical (unpaired) electrons. The molecular weight excluding hydrogens is 363 g/mol. The van der Waals surface area contributed by atoms with Crippen LogP contribution in [-0.2, 0) is 15.7 Å². The van der Waals surface area contributed by atoms with Crippen LogP contribution in [0.1, 0.15) is 33.9 Å². The molecule has 1 N–H and O–H groups in total. The fraction of sp³-hybridized carbons (Fsp3) is 0.263. The second-order valence-corrected chi connectivity index (χ2v) is 5.66. The van der Waals surface area contributed by atoms with Gasteiger partial charge in [0.2, 0.25) is 0 Å². The third kappa shape index (κ3) is 5.47. The van der Waals surface area contributed by atoms with E-state index in [4.69, 9.17) is 4.74 Å². The highest BCUT2D eigenvalue weighted by Gasteiger charge is 2.31. The minimum Gasteiger partial charge on any atom is -0.497 e. The second-order valence-electron chi connectivity index (χ2n) is 5.66. The molecule has 5 nitrogen and oxygen atoms in total. The van der Waals surface area contributed by atoms with Crippen molar-refractivity contribution in [1.29, 1.82) is 0 Å². The second kappa shape index (κ2) is 8.57. The highest BCUT2D eigenvalue weighted by molar-refractivity contribution is 5.95. The summed E-state index contributed by atoms with van der Waals surface area (Å²) in [6.07, 6.45) is -4.73. The Morgan fingerprint density at radius 1 is 1.07 bits per heavy atom. The molecule has 1 atom stereocenters. The number of rotatable bonds is 6. The summed E-state index contributed by atoms with van der Waals surface area (Å²) >= 11 is 0. The lowest BCUT2D eigenvalue weighted by atomic mass is 10.0. The van der Waals surface area contributed by atoms with Crippen molar-refractivity contribution in [2.24, 2.45) is 0 Å². The summed E-state index contributed by atoms with van der Waals surface area (Å²) in [4.78, 5) is 24.1. The van der Waals surface area contributed by atoms with Crippen LogP contribution in [0.3, 0.4) is 0 Å². The van der Waals surface area contributed by atoms with Gasteiger partial charge in [-0.25, -0.2) is 0 Å². The number of ether oxygens (including phenoxy) is 2. The van der Waals surface area contributed by atoms with E-state index in [0.29, 0.717) is 11.3 Å². The van der Waals surface area contributed by atoms with E-state index in [1.165, 1.54) is 20.3 Å². The zero-order valence-electron chi connectivity index (χ0n) is 14.7. The Morgan fingerprint density at radius 3 is 2.30 bits per heavy atom. The van der Waals surface area contributed by atoms with Crippen LogP contribution in [0.4, 0.5) is 13.2 Å². The zero-order chi connectivity index (χ0) is 20.0. The fourth-order valence-electron chi connectivity index (χ4n) is 2.42. The molecule has 0 aliphatic heterocycles. The molecule has 2 rings (SSSR count). The van der Waals surface area contributed by atoms with Crippen molar-refractivity contribution >= 4 is 11.9 Å². The maximum Gasteiger partial charge on any atom is 0.416 e. The lowest BCUT2D eigenvalue weighted by Crippen LogP contribution is -2.30. The summed E-state index contributed by atoms with van der Waals surface area (Å²) in [5.41, 5.74) is -0.501. The topological polar surface area (TPSA) is 64.6 Å².